The van der Waals surface area contributed by atoms with Crippen LogP contribution in [-0.4, -0.2) is 27.2 Å². The van der Waals surface area contributed by atoms with Gasteiger partial charge in [0.05, 0.1) is 17.6 Å². The van der Waals surface area contributed by atoms with Gasteiger partial charge >= 0.3 is 5.69 Å². The number of aromatic amines is 1. The molecular weight excluding hydrogens is 248 g/mol. The Balaban J connectivity index is 2.70. The Labute approximate surface area is 101 Å². The van der Waals surface area contributed by atoms with Gasteiger partial charge in [-0.05, 0) is 6.07 Å². The standard InChI is InChI=1S/C9H7ClN4O3/c1-17-8-6(9-11-4-12-13-9)2-5(10)3-7(8)14(15)16/h2-4H,1H3,(H,11,12,13). The molecule has 0 saturated heterocycles. The molecule has 0 fully saturated rings. The smallest absolute Gasteiger partial charge is 0.313 e. The van der Waals surface area contributed by atoms with Gasteiger partial charge < -0.3 is 4.74 Å². The van der Waals surface area contributed by atoms with Crippen molar-refractivity contribution in [3.63, 3.8) is 0 Å². The van der Waals surface area contributed by atoms with Crippen molar-refractivity contribution >= 4 is 17.3 Å². The van der Waals surface area contributed by atoms with Crippen molar-refractivity contribution in [2.24, 2.45) is 0 Å². The number of benzene rings is 1. The molecule has 0 aliphatic heterocycles. The molecule has 0 bridgehead atoms. The number of aromatic nitrogens is 3. The molecule has 0 saturated carbocycles. The highest BCUT2D eigenvalue weighted by Crippen LogP contribution is 2.38. The zero-order chi connectivity index (χ0) is 12.4. The molecule has 0 aliphatic carbocycles. The molecule has 8 heteroatoms. The largest absolute Gasteiger partial charge is 0.490 e. The number of nitro benzene ring substituents is 1. The third kappa shape index (κ3) is 2.04. The minimum absolute atomic E-state index is 0.0937. The highest BCUT2D eigenvalue weighted by atomic mass is 35.5. The van der Waals surface area contributed by atoms with Gasteiger partial charge in [0.2, 0.25) is 5.75 Å². The second kappa shape index (κ2) is 4.38. The van der Waals surface area contributed by atoms with E-state index >= 15 is 0 Å². The van der Waals surface area contributed by atoms with Gasteiger partial charge in [-0.3, -0.25) is 15.2 Å². The van der Waals surface area contributed by atoms with Gasteiger partial charge in [0.15, 0.2) is 5.82 Å². The first kappa shape index (κ1) is 11.3. The summed E-state index contributed by atoms with van der Waals surface area (Å²) < 4.78 is 5.03. The van der Waals surface area contributed by atoms with Crippen LogP contribution in [0.3, 0.4) is 0 Å². The fourth-order valence-electron chi connectivity index (χ4n) is 1.44. The average Bonchev–Trinajstić information content (AvgIpc) is 2.81. The van der Waals surface area contributed by atoms with Crippen LogP contribution in [0.5, 0.6) is 5.75 Å². The van der Waals surface area contributed by atoms with Crippen molar-refractivity contribution in [2.75, 3.05) is 7.11 Å². The second-order valence-electron chi connectivity index (χ2n) is 3.10. The van der Waals surface area contributed by atoms with E-state index < -0.39 is 4.92 Å². The maximum absolute atomic E-state index is 10.9. The fourth-order valence-corrected chi connectivity index (χ4v) is 1.65. The van der Waals surface area contributed by atoms with E-state index in [1.54, 1.807) is 0 Å². The molecule has 88 valence electrons. The summed E-state index contributed by atoms with van der Waals surface area (Å²) in [4.78, 5) is 14.2. The molecule has 0 spiro atoms. The van der Waals surface area contributed by atoms with Crippen LogP contribution in [0.4, 0.5) is 5.69 Å². The molecule has 2 rings (SSSR count). The number of halogens is 1. The summed E-state index contributed by atoms with van der Waals surface area (Å²) in [5.74, 6) is 0.448. The number of methoxy groups -OCH3 is 1. The summed E-state index contributed by atoms with van der Waals surface area (Å²) in [6.45, 7) is 0. The van der Waals surface area contributed by atoms with Gasteiger partial charge in [0, 0.05) is 11.1 Å². The lowest BCUT2D eigenvalue weighted by Crippen LogP contribution is -1.97. The van der Waals surface area contributed by atoms with Crippen molar-refractivity contribution in [2.45, 2.75) is 0 Å². The van der Waals surface area contributed by atoms with E-state index in [1.165, 1.54) is 25.6 Å². The number of hydrogen-bond acceptors (Lipinski definition) is 5. The molecule has 17 heavy (non-hydrogen) atoms. The normalized spacial score (nSPS) is 10.2. The minimum Gasteiger partial charge on any atom is -0.490 e. The number of nitrogens with zero attached hydrogens (tertiary/aromatic N) is 3. The van der Waals surface area contributed by atoms with Crippen molar-refractivity contribution < 1.29 is 9.66 Å². The zero-order valence-corrected chi connectivity index (χ0v) is 9.43. The van der Waals surface area contributed by atoms with E-state index in [4.69, 9.17) is 16.3 Å². The molecule has 0 amide bonds. The summed E-state index contributed by atoms with van der Waals surface area (Å²) in [6.07, 6.45) is 1.29. The Morgan fingerprint density at radius 2 is 2.29 bits per heavy atom. The lowest BCUT2D eigenvalue weighted by atomic mass is 10.1. The van der Waals surface area contributed by atoms with E-state index in [0.717, 1.165) is 0 Å². The molecule has 0 unspecified atom stereocenters. The molecule has 2 aromatic rings. The lowest BCUT2D eigenvalue weighted by Gasteiger charge is -2.07. The number of ether oxygens (including phenoxy) is 1. The lowest BCUT2D eigenvalue weighted by molar-refractivity contribution is -0.385. The Hall–Kier alpha value is -2.15. The fraction of sp³-hybridized carbons (Fsp3) is 0.111. The Kier molecular flexibility index (Phi) is 2.92. The molecule has 1 N–H and O–H groups in total. The van der Waals surface area contributed by atoms with Gasteiger partial charge in [0.25, 0.3) is 0 Å². The van der Waals surface area contributed by atoms with Crippen molar-refractivity contribution in [1.82, 2.24) is 15.2 Å². The van der Waals surface area contributed by atoms with E-state index in [1.807, 2.05) is 0 Å². The first-order valence-corrected chi connectivity index (χ1v) is 4.89. The van der Waals surface area contributed by atoms with Gasteiger partial charge in [-0.2, -0.15) is 5.10 Å². The van der Waals surface area contributed by atoms with Crippen LogP contribution < -0.4 is 4.74 Å². The van der Waals surface area contributed by atoms with Crippen LogP contribution in [-0.2, 0) is 0 Å². The van der Waals surface area contributed by atoms with E-state index in [0.29, 0.717) is 11.4 Å². The van der Waals surface area contributed by atoms with Gasteiger partial charge in [-0.15, -0.1) is 0 Å². The van der Waals surface area contributed by atoms with Gasteiger partial charge in [-0.1, -0.05) is 11.6 Å². The molecule has 0 radical (unpaired) electrons. The van der Waals surface area contributed by atoms with Crippen LogP contribution >= 0.6 is 11.6 Å². The molecular formula is C9H7ClN4O3. The zero-order valence-electron chi connectivity index (χ0n) is 8.68. The average molecular weight is 255 g/mol. The van der Waals surface area contributed by atoms with Crippen LogP contribution in [0.1, 0.15) is 0 Å². The monoisotopic (exact) mass is 254 g/mol. The number of H-pyrrole nitrogens is 1. The first-order chi connectivity index (χ1) is 8.13. The number of hydrogen-bond donors (Lipinski definition) is 1. The molecule has 0 aliphatic rings. The quantitative estimate of drug-likeness (QED) is 0.668. The topological polar surface area (TPSA) is 93.9 Å². The van der Waals surface area contributed by atoms with E-state index in [9.17, 15) is 10.1 Å². The molecule has 1 heterocycles. The molecule has 1 aromatic carbocycles. The van der Waals surface area contributed by atoms with Crippen molar-refractivity contribution in [3.05, 3.63) is 33.6 Å². The van der Waals surface area contributed by atoms with Crippen molar-refractivity contribution in [1.29, 1.82) is 0 Å². The minimum atomic E-state index is -0.565. The Morgan fingerprint density at radius 1 is 1.53 bits per heavy atom. The number of nitrogens with one attached hydrogen (secondary N) is 1. The first-order valence-electron chi connectivity index (χ1n) is 4.51. The highest BCUT2D eigenvalue weighted by molar-refractivity contribution is 6.31. The van der Waals surface area contributed by atoms with E-state index in [-0.39, 0.29) is 16.5 Å². The maximum Gasteiger partial charge on any atom is 0.313 e. The number of nitro groups is 1. The second-order valence-corrected chi connectivity index (χ2v) is 3.53. The Morgan fingerprint density at radius 3 is 2.82 bits per heavy atom. The third-order valence-electron chi connectivity index (χ3n) is 2.11. The van der Waals surface area contributed by atoms with Crippen molar-refractivity contribution in [3.8, 4) is 17.1 Å². The van der Waals surface area contributed by atoms with E-state index in [2.05, 4.69) is 15.2 Å². The predicted molar refractivity (Wildman–Crippen MR) is 60.0 cm³/mol. The van der Waals surface area contributed by atoms with Gasteiger partial charge in [0.1, 0.15) is 6.33 Å². The predicted octanol–water partition coefficient (Wildman–Crippen LogP) is 2.04. The number of rotatable bonds is 3. The van der Waals surface area contributed by atoms with Crippen LogP contribution in [0, 0.1) is 10.1 Å². The van der Waals surface area contributed by atoms with Gasteiger partial charge in [-0.25, -0.2) is 4.98 Å². The summed E-state index contributed by atoms with van der Waals surface area (Å²) in [6, 6.07) is 2.74. The highest BCUT2D eigenvalue weighted by Gasteiger charge is 2.22. The van der Waals surface area contributed by atoms with Crippen LogP contribution in [0.2, 0.25) is 5.02 Å². The third-order valence-corrected chi connectivity index (χ3v) is 2.32. The summed E-state index contributed by atoms with van der Waals surface area (Å²) in [5, 5.41) is 17.4. The summed E-state index contributed by atoms with van der Waals surface area (Å²) in [5.41, 5.74) is 0.176. The molecule has 7 nitrogen and oxygen atoms in total. The SMILES string of the molecule is COc1c(-c2ncn[nH]2)cc(Cl)cc1[N+](=O)[O-]. The van der Waals surface area contributed by atoms with Crippen LogP contribution in [0.15, 0.2) is 18.5 Å². The maximum atomic E-state index is 10.9. The van der Waals surface area contributed by atoms with Crippen LogP contribution in [0.25, 0.3) is 11.4 Å². The summed E-state index contributed by atoms with van der Waals surface area (Å²) >= 11 is 5.82. The summed E-state index contributed by atoms with van der Waals surface area (Å²) in [7, 11) is 1.34. The Bertz CT molecular complexity index is 556. The molecule has 1 aromatic heterocycles. The molecule has 0 atom stereocenters.